The quantitative estimate of drug-likeness (QED) is 0.348. The van der Waals surface area contributed by atoms with Crippen molar-refractivity contribution in [2.24, 2.45) is 0 Å². The molecule has 0 bridgehead atoms. The number of phosphoric ester groups is 1. The molecule has 0 heterocycles. The molecule has 0 saturated carbocycles. The molecule has 0 radical (unpaired) electrons. The second-order valence-corrected chi connectivity index (χ2v) is 4.18. The second kappa shape index (κ2) is 5.88. The van der Waals surface area contributed by atoms with Gasteiger partial charge in [-0.05, 0) is 6.92 Å². The molecule has 0 saturated heterocycles. The predicted octanol–water partition coefficient (Wildman–Crippen LogP) is -3.70. The Bertz CT molecular complexity index is 225. The van der Waals surface area contributed by atoms with Crippen molar-refractivity contribution in [2.75, 3.05) is 6.61 Å². The van der Waals surface area contributed by atoms with Crippen molar-refractivity contribution >= 4 is 7.82 Å². The molecule has 0 aromatic carbocycles. The summed E-state index contributed by atoms with van der Waals surface area (Å²) in [5.41, 5.74) is 0. The van der Waals surface area contributed by atoms with Crippen molar-refractivity contribution in [3.63, 3.8) is 0 Å². The molecule has 0 spiro atoms. The minimum atomic E-state index is -5.23. The molecule has 4 atom stereocenters. The number of hydrogen-bond acceptors (Lipinski definition) is 8. The highest BCUT2D eigenvalue weighted by Gasteiger charge is 2.28. The number of hydrogen-bond donors (Lipinski definition) is 4. The molecule has 0 aromatic heterocycles. The fraction of sp³-hybridized carbons (Fsp3) is 1.00. The smallest absolute Gasteiger partial charge is 0.110 e. The molecule has 4 N–H and O–H groups in total. The third kappa shape index (κ3) is 6.18. The number of aliphatic hydroxyl groups is 4. The summed E-state index contributed by atoms with van der Waals surface area (Å²) >= 11 is 0. The van der Waals surface area contributed by atoms with Gasteiger partial charge in [0.2, 0.25) is 0 Å². The van der Waals surface area contributed by atoms with Gasteiger partial charge in [-0.15, -0.1) is 0 Å². The van der Waals surface area contributed by atoms with E-state index in [0.29, 0.717) is 0 Å². The van der Waals surface area contributed by atoms with Crippen molar-refractivity contribution in [2.45, 2.75) is 31.3 Å². The van der Waals surface area contributed by atoms with Crippen LogP contribution in [0, 0.1) is 0 Å². The molecule has 9 heteroatoms. The molecule has 15 heavy (non-hydrogen) atoms. The van der Waals surface area contributed by atoms with Crippen LogP contribution in [0.4, 0.5) is 0 Å². The van der Waals surface area contributed by atoms with Crippen molar-refractivity contribution < 1.29 is 39.3 Å². The predicted molar refractivity (Wildman–Crippen MR) is 43.3 cm³/mol. The van der Waals surface area contributed by atoms with E-state index in [0.717, 1.165) is 6.92 Å². The average molecular weight is 244 g/mol. The molecular weight excluding hydrogens is 231 g/mol. The first kappa shape index (κ1) is 14.9. The first-order chi connectivity index (χ1) is 6.65. The summed E-state index contributed by atoms with van der Waals surface area (Å²) in [5.74, 6) is 0. The summed E-state index contributed by atoms with van der Waals surface area (Å²) in [5, 5.41) is 36.1. The number of aliphatic hydroxyl groups excluding tert-OH is 4. The van der Waals surface area contributed by atoms with Gasteiger partial charge < -0.3 is 39.3 Å². The van der Waals surface area contributed by atoms with E-state index in [1.54, 1.807) is 0 Å². The fourth-order valence-corrected chi connectivity index (χ4v) is 1.11. The van der Waals surface area contributed by atoms with E-state index in [1.165, 1.54) is 0 Å². The SMILES string of the molecule is C[C@H](O)[C@H](O)[C@@H](O)[C@@H](O)COP(=O)([O-])[O-]. The Hall–Kier alpha value is -0.0500. The van der Waals surface area contributed by atoms with E-state index in [9.17, 15) is 14.4 Å². The van der Waals surface area contributed by atoms with Gasteiger partial charge in [0.1, 0.15) is 18.3 Å². The lowest BCUT2D eigenvalue weighted by molar-refractivity contribution is -0.343. The normalized spacial score (nSPS) is 20.7. The van der Waals surface area contributed by atoms with Crippen LogP contribution in [0.3, 0.4) is 0 Å². The highest BCUT2D eigenvalue weighted by molar-refractivity contribution is 7.43. The third-order valence-electron chi connectivity index (χ3n) is 1.64. The van der Waals surface area contributed by atoms with Crippen molar-refractivity contribution in [3.8, 4) is 0 Å². The largest absolute Gasteiger partial charge is 0.790 e. The molecule has 0 aliphatic rings. The van der Waals surface area contributed by atoms with Crippen LogP contribution in [0.25, 0.3) is 0 Å². The van der Waals surface area contributed by atoms with Crippen LogP contribution in [0.5, 0.6) is 0 Å². The van der Waals surface area contributed by atoms with Crippen LogP contribution in [-0.2, 0) is 9.09 Å². The number of phosphoric acid groups is 1. The maximum absolute atomic E-state index is 10.0. The lowest BCUT2D eigenvalue weighted by Crippen LogP contribution is -2.45. The molecule has 0 amide bonds. The van der Waals surface area contributed by atoms with Crippen LogP contribution < -0.4 is 9.79 Å². The Morgan fingerprint density at radius 3 is 2.00 bits per heavy atom. The zero-order valence-electron chi connectivity index (χ0n) is 7.89. The zero-order valence-corrected chi connectivity index (χ0v) is 8.78. The van der Waals surface area contributed by atoms with Crippen LogP contribution in [0.1, 0.15) is 6.92 Å². The van der Waals surface area contributed by atoms with Crippen LogP contribution in [0.15, 0.2) is 0 Å². The first-order valence-electron chi connectivity index (χ1n) is 4.04. The Kier molecular flexibility index (Phi) is 5.86. The molecule has 0 rings (SSSR count). The Labute approximate surface area is 86.0 Å². The van der Waals surface area contributed by atoms with E-state index in [4.69, 9.17) is 20.4 Å². The van der Waals surface area contributed by atoms with Crippen LogP contribution in [-0.4, -0.2) is 51.4 Å². The van der Waals surface area contributed by atoms with Gasteiger partial charge in [0, 0.05) is 0 Å². The molecule has 0 aromatic rings. The van der Waals surface area contributed by atoms with Crippen molar-refractivity contribution in [3.05, 3.63) is 0 Å². The van der Waals surface area contributed by atoms with E-state index < -0.39 is 38.8 Å². The summed E-state index contributed by atoms with van der Waals surface area (Å²) in [6, 6.07) is 0. The summed E-state index contributed by atoms with van der Waals surface area (Å²) < 4.78 is 13.7. The molecular formula is C6H13O8P-2. The highest BCUT2D eigenvalue weighted by Crippen LogP contribution is 2.25. The first-order valence-corrected chi connectivity index (χ1v) is 5.50. The summed E-state index contributed by atoms with van der Waals surface area (Å²) in [6.07, 6.45) is -6.58. The zero-order chi connectivity index (χ0) is 12.2. The molecule has 8 nitrogen and oxygen atoms in total. The maximum atomic E-state index is 10.0. The van der Waals surface area contributed by atoms with Gasteiger partial charge in [-0.1, -0.05) is 0 Å². The summed E-state index contributed by atoms with van der Waals surface area (Å²) in [6.45, 7) is 0.183. The van der Waals surface area contributed by atoms with Crippen LogP contribution >= 0.6 is 7.82 Å². The van der Waals surface area contributed by atoms with E-state index in [2.05, 4.69) is 4.52 Å². The van der Waals surface area contributed by atoms with Crippen LogP contribution in [0.2, 0.25) is 0 Å². The van der Waals surface area contributed by atoms with Gasteiger partial charge in [0.15, 0.2) is 0 Å². The monoisotopic (exact) mass is 244 g/mol. The Morgan fingerprint density at radius 2 is 1.67 bits per heavy atom. The van der Waals surface area contributed by atoms with Crippen molar-refractivity contribution in [1.29, 1.82) is 0 Å². The topological polar surface area (TPSA) is 153 Å². The standard InChI is InChI=1S/C6H15O8P/c1-3(7)5(9)6(10)4(8)2-14-15(11,12)13/h3-10H,2H2,1H3,(H2,11,12,13)/p-2/t3-,4-,5-,6-/m0/s1. The van der Waals surface area contributed by atoms with Crippen molar-refractivity contribution in [1.82, 2.24) is 0 Å². The average Bonchev–Trinajstić information content (AvgIpc) is 2.10. The molecule has 0 aliphatic heterocycles. The van der Waals surface area contributed by atoms with E-state index in [-0.39, 0.29) is 0 Å². The number of rotatable bonds is 6. The van der Waals surface area contributed by atoms with E-state index in [1.807, 2.05) is 0 Å². The highest BCUT2D eigenvalue weighted by atomic mass is 31.2. The third-order valence-corrected chi connectivity index (χ3v) is 2.11. The molecule has 0 unspecified atom stereocenters. The lowest BCUT2D eigenvalue weighted by Gasteiger charge is -2.31. The van der Waals surface area contributed by atoms with Gasteiger partial charge in [0.05, 0.1) is 20.5 Å². The maximum Gasteiger partial charge on any atom is 0.110 e. The second-order valence-electron chi connectivity index (χ2n) is 3.03. The Balaban J connectivity index is 4.10. The fourth-order valence-electron chi connectivity index (χ4n) is 0.779. The summed E-state index contributed by atoms with van der Waals surface area (Å²) in [7, 11) is -5.23. The van der Waals surface area contributed by atoms with Gasteiger partial charge in [0.25, 0.3) is 0 Å². The molecule has 0 aliphatic carbocycles. The summed E-state index contributed by atoms with van der Waals surface area (Å²) in [4.78, 5) is 20.0. The molecule has 92 valence electrons. The minimum absolute atomic E-state index is 0.977. The van der Waals surface area contributed by atoms with E-state index >= 15 is 0 Å². The Morgan fingerprint density at radius 1 is 1.20 bits per heavy atom. The molecule has 0 fully saturated rings. The van der Waals surface area contributed by atoms with Gasteiger partial charge in [-0.25, -0.2) is 0 Å². The van der Waals surface area contributed by atoms with Gasteiger partial charge in [-0.3, -0.25) is 0 Å². The van der Waals surface area contributed by atoms with Gasteiger partial charge in [-0.2, -0.15) is 0 Å². The minimum Gasteiger partial charge on any atom is -0.790 e. The van der Waals surface area contributed by atoms with Gasteiger partial charge >= 0.3 is 0 Å². The lowest BCUT2D eigenvalue weighted by atomic mass is 10.1.